The maximum absolute atomic E-state index is 11.2. The van der Waals surface area contributed by atoms with Crippen molar-refractivity contribution >= 4 is 11.8 Å². The number of ketones is 1. The summed E-state index contributed by atoms with van der Waals surface area (Å²) in [6.07, 6.45) is 4.46. The molecule has 0 fully saturated rings. The van der Waals surface area contributed by atoms with Gasteiger partial charge in [0.05, 0.1) is 6.61 Å². The van der Waals surface area contributed by atoms with Crippen LogP contribution in [-0.4, -0.2) is 18.4 Å². The van der Waals surface area contributed by atoms with Crippen LogP contribution >= 0.6 is 0 Å². The lowest BCUT2D eigenvalue weighted by Gasteiger charge is -2.03. The second-order valence-electron chi connectivity index (χ2n) is 4.14. The third-order valence-electron chi connectivity index (χ3n) is 2.19. The van der Waals surface area contributed by atoms with Gasteiger partial charge in [-0.25, -0.2) is 4.79 Å². The fraction of sp³-hybridized carbons (Fsp3) is 0.833. The Labute approximate surface area is 92.2 Å². The molecule has 0 heterocycles. The largest absolute Gasteiger partial charge is 0.460 e. The van der Waals surface area contributed by atoms with E-state index in [1.165, 1.54) is 6.42 Å². The summed E-state index contributed by atoms with van der Waals surface area (Å²) in [5, 5.41) is 0. The number of ether oxygens (including phenoxy) is 1. The van der Waals surface area contributed by atoms with E-state index in [2.05, 4.69) is 18.6 Å². The van der Waals surface area contributed by atoms with Gasteiger partial charge in [0.1, 0.15) is 0 Å². The lowest BCUT2D eigenvalue weighted by Crippen LogP contribution is -2.16. The Morgan fingerprint density at radius 2 is 1.80 bits per heavy atom. The highest BCUT2D eigenvalue weighted by atomic mass is 16.5. The standard InChI is InChI=1S/C12H22O3/c1-4-15-12(14)11(13)9-7-5-6-8-10(2)3/h10H,4-9H2,1-3H3. The maximum atomic E-state index is 11.2. The summed E-state index contributed by atoms with van der Waals surface area (Å²) in [7, 11) is 0. The molecule has 3 heteroatoms. The Kier molecular flexibility index (Phi) is 7.96. The zero-order chi connectivity index (χ0) is 11.7. The van der Waals surface area contributed by atoms with Crippen molar-refractivity contribution in [1.29, 1.82) is 0 Å². The summed E-state index contributed by atoms with van der Waals surface area (Å²) >= 11 is 0. The number of Topliss-reactive ketones (excluding diaryl/α,β-unsaturated/α-hetero) is 1. The minimum atomic E-state index is -0.679. The molecule has 0 atom stereocenters. The summed E-state index contributed by atoms with van der Waals surface area (Å²) in [6, 6.07) is 0. The molecule has 0 spiro atoms. The first-order valence-corrected chi connectivity index (χ1v) is 5.77. The Morgan fingerprint density at radius 1 is 1.13 bits per heavy atom. The molecule has 0 unspecified atom stereocenters. The molecule has 0 aromatic rings. The highest BCUT2D eigenvalue weighted by molar-refractivity contribution is 6.33. The molecule has 0 radical (unpaired) electrons. The number of rotatable bonds is 8. The van der Waals surface area contributed by atoms with E-state index in [-0.39, 0.29) is 12.4 Å². The number of esters is 1. The van der Waals surface area contributed by atoms with Crippen LogP contribution in [0.15, 0.2) is 0 Å². The van der Waals surface area contributed by atoms with Crippen LogP contribution in [-0.2, 0) is 14.3 Å². The molecule has 0 rings (SSSR count). The van der Waals surface area contributed by atoms with Gasteiger partial charge in [-0.15, -0.1) is 0 Å². The first-order valence-electron chi connectivity index (χ1n) is 5.77. The van der Waals surface area contributed by atoms with Gasteiger partial charge in [0.2, 0.25) is 5.78 Å². The lowest BCUT2D eigenvalue weighted by molar-refractivity contribution is -0.153. The average Bonchev–Trinajstić information content (AvgIpc) is 2.16. The fourth-order valence-electron chi connectivity index (χ4n) is 1.33. The van der Waals surface area contributed by atoms with Crippen molar-refractivity contribution in [3.63, 3.8) is 0 Å². The highest BCUT2D eigenvalue weighted by Crippen LogP contribution is 2.09. The number of unbranched alkanes of at least 4 members (excludes halogenated alkanes) is 2. The SMILES string of the molecule is CCOC(=O)C(=O)CCCCCC(C)C. The Bertz CT molecular complexity index is 197. The molecule has 88 valence electrons. The zero-order valence-electron chi connectivity index (χ0n) is 10.0. The summed E-state index contributed by atoms with van der Waals surface area (Å²) in [6.45, 7) is 6.35. The van der Waals surface area contributed by atoms with Gasteiger partial charge in [-0.3, -0.25) is 4.79 Å². The van der Waals surface area contributed by atoms with E-state index >= 15 is 0 Å². The van der Waals surface area contributed by atoms with E-state index in [1.807, 2.05) is 0 Å². The Balaban J connectivity index is 3.43. The zero-order valence-corrected chi connectivity index (χ0v) is 10.0. The van der Waals surface area contributed by atoms with Gasteiger partial charge in [0.25, 0.3) is 0 Å². The van der Waals surface area contributed by atoms with Crippen LogP contribution in [0.1, 0.15) is 52.9 Å². The van der Waals surface area contributed by atoms with Gasteiger partial charge >= 0.3 is 5.97 Å². The van der Waals surface area contributed by atoms with Crippen molar-refractivity contribution in [2.45, 2.75) is 52.9 Å². The molecule has 0 aliphatic rings. The number of hydrogen-bond acceptors (Lipinski definition) is 3. The molecule has 0 amide bonds. The third-order valence-corrected chi connectivity index (χ3v) is 2.19. The van der Waals surface area contributed by atoms with Crippen molar-refractivity contribution in [2.24, 2.45) is 5.92 Å². The second-order valence-corrected chi connectivity index (χ2v) is 4.14. The quantitative estimate of drug-likeness (QED) is 0.354. The molecule has 3 nitrogen and oxygen atoms in total. The first kappa shape index (κ1) is 14.1. The Hall–Kier alpha value is -0.860. The normalized spacial score (nSPS) is 10.4. The van der Waals surface area contributed by atoms with Crippen LogP contribution in [0.5, 0.6) is 0 Å². The predicted octanol–water partition coefficient (Wildman–Crippen LogP) is 2.73. The van der Waals surface area contributed by atoms with Gasteiger partial charge < -0.3 is 4.74 Å². The number of carbonyl (C=O) groups is 2. The fourth-order valence-corrected chi connectivity index (χ4v) is 1.33. The molecule has 0 saturated heterocycles. The van der Waals surface area contributed by atoms with Gasteiger partial charge in [-0.05, 0) is 19.3 Å². The highest BCUT2D eigenvalue weighted by Gasteiger charge is 2.13. The van der Waals surface area contributed by atoms with Crippen LogP contribution in [0, 0.1) is 5.92 Å². The van der Waals surface area contributed by atoms with Crippen LogP contribution in [0.2, 0.25) is 0 Å². The predicted molar refractivity (Wildman–Crippen MR) is 59.6 cm³/mol. The molecular weight excluding hydrogens is 192 g/mol. The Morgan fingerprint density at radius 3 is 2.33 bits per heavy atom. The van der Waals surface area contributed by atoms with Gasteiger partial charge in [0.15, 0.2) is 0 Å². The second kappa shape index (κ2) is 8.45. The van der Waals surface area contributed by atoms with Crippen LogP contribution in [0.25, 0.3) is 0 Å². The van der Waals surface area contributed by atoms with Crippen molar-refractivity contribution in [3.05, 3.63) is 0 Å². The summed E-state index contributed by atoms with van der Waals surface area (Å²) < 4.78 is 4.61. The van der Waals surface area contributed by atoms with Gasteiger partial charge in [-0.1, -0.05) is 33.1 Å². The van der Waals surface area contributed by atoms with E-state index in [4.69, 9.17) is 0 Å². The van der Waals surface area contributed by atoms with E-state index in [1.54, 1.807) is 6.92 Å². The molecule has 0 aromatic heterocycles. The average molecular weight is 214 g/mol. The smallest absolute Gasteiger partial charge is 0.374 e. The molecule has 0 bridgehead atoms. The minimum absolute atomic E-state index is 0.276. The van der Waals surface area contributed by atoms with Crippen molar-refractivity contribution in [3.8, 4) is 0 Å². The molecule has 0 aliphatic heterocycles. The molecule has 15 heavy (non-hydrogen) atoms. The van der Waals surface area contributed by atoms with E-state index in [0.29, 0.717) is 12.3 Å². The molecular formula is C12H22O3. The number of carbonyl (C=O) groups excluding carboxylic acids is 2. The summed E-state index contributed by atoms with van der Waals surface area (Å²) in [5.74, 6) is -0.353. The molecule has 0 aliphatic carbocycles. The van der Waals surface area contributed by atoms with Gasteiger partial charge in [-0.2, -0.15) is 0 Å². The van der Waals surface area contributed by atoms with E-state index in [9.17, 15) is 9.59 Å². The van der Waals surface area contributed by atoms with E-state index < -0.39 is 5.97 Å². The van der Waals surface area contributed by atoms with Crippen LogP contribution in [0.3, 0.4) is 0 Å². The summed E-state index contributed by atoms with van der Waals surface area (Å²) in [5.41, 5.74) is 0. The van der Waals surface area contributed by atoms with Crippen molar-refractivity contribution in [2.75, 3.05) is 6.61 Å². The van der Waals surface area contributed by atoms with Gasteiger partial charge in [0, 0.05) is 6.42 Å². The van der Waals surface area contributed by atoms with Crippen LogP contribution < -0.4 is 0 Å². The lowest BCUT2D eigenvalue weighted by atomic mass is 10.0. The molecule has 0 aromatic carbocycles. The number of hydrogen-bond donors (Lipinski definition) is 0. The topological polar surface area (TPSA) is 43.4 Å². The summed E-state index contributed by atoms with van der Waals surface area (Å²) in [4.78, 5) is 22.1. The molecule has 0 N–H and O–H groups in total. The first-order chi connectivity index (χ1) is 7.07. The van der Waals surface area contributed by atoms with Crippen molar-refractivity contribution in [1.82, 2.24) is 0 Å². The van der Waals surface area contributed by atoms with Crippen LogP contribution in [0.4, 0.5) is 0 Å². The van der Waals surface area contributed by atoms with E-state index in [0.717, 1.165) is 19.3 Å². The van der Waals surface area contributed by atoms with Crippen molar-refractivity contribution < 1.29 is 14.3 Å². The molecule has 0 saturated carbocycles. The minimum Gasteiger partial charge on any atom is -0.460 e. The monoisotopic (exact) mass is 214 g/mol. The maximum Gasteiger partial charge on any atom is 0.374 e. The third kappa shape index (κ3) is 8.16.